The highest BCUT2D eigenvalue weighted by atomic mass is 32.1. The molecule has 0 fully saturated rings. The number of esters is 1. The van der Waals surface area contributed by atoms with Gasteiger partial charge in [-0.1, -0.05) is 0 Å². The van der Waals surface area contributed by atoms with Gasteiger partial charge in [-0.2, -0.15) is 0 Å². The number of aryl methyl sites for hydroxylation is 1. The van der Waals surface area contributed by atoms with Crippen molar-refractivity contribution in [1.82, 2.24) is 14.1 Å². The third-order valence-electron chi connectivity index (χ3n) is 3.73. The van der Waals surface area contributed by atoms with Gasteiger partial charge < -0.3 is 4.74 Å². The number of aromatic nitrogens is 3. The lowest BCUT2D eigenvalue weighted by atomic mass is 10.2. The van der Waals surface area contributed by atoms with E-state index in [9.17, 15) is 18.8 Å². The maximum atomic E-state index is 13.2. The number of benzene rings is 1. The van der Waals surface area contributed by atoms with Crippen molar-refractivity contribution in [1.29, 1.82) is 0 Å². The second kappa shape index (κ2) is 7.67. The minimum atomic E-state index is -0.832. The van der Waals surface area contributed by atoms with Crippen molar-refractivity contribution in [2.24, 2.45) is 0 Å². The summed E-state index contributed by atoms with van der Waals surface area (Å²) in [5.41, 5.74) is -0.992. The quantitative estimate of drug-likeness (QED) is 0.625. The molecule has 7 nitrogen and oxygen atoms in total. The van der Waals surface area contributed by atoms with Gasteiger partial charge in [0.2, 0.25) is 0 Å². The Balaban J connectivity index is 2.21. The van der Waals surface area contributed by atoms with E-state index in [1.807, 2.05) is 6.92 Å². The van der Waals surface area contributed by atoms with E-state index in [1.54, 1.807) is 12.3 Å². The number of carbonyl (C=O) groups excluding carboxylic acids is 1. The average Bonchev–Trinajstić information content (AvgIpc) is 3.04. The average molecular weight is 389 g/mol. The van der Waals surface area contributed by atoms with Crippen LogP contribution in [0.25, 0.3) is 5.69 Å². The molecule has 0 spiro atoms. The number of hydrogen-bond donors (Lipinski definition) is 0. The summed E-state index contributed by atoms with van der Waals surface area (Å²) in [6, 6.07) is 4.85. The van der Waals surface area contributed by atoms with Gasteiger partial charge in [0.1, 0.15) is 11.4 Å². The molecule has 9 heteroatoms. The monoisotopic (exact) mass is 389 g/mol. The second-order valence-electron chi connectivity index (χ2n) is 5.65. The Morgan fingerprint density at radius 2 is 1.96 bits per heavy atom. The van der Waals surface area contributed by atoms with Crippen LogP contribution in [0.5, 0.6) is 0 Å². The van der Waals surface area contributed by atoms with Crippen LogP contribution < -0.4 is 11.2 Å². The fourth-order valence-corrected chi connectivity index (χ4v) is 3.14. The third kappa shape index (κ3) is 3.87. The molecule has 0 atom stereocenters. The highest BCUT2D eigenvalue weighted by Gasteiger charge is 2.20. The maximum Gasteiger partial charge on any atom is 0.345 e. The molecule has 0 amide bonds. The van der Waals surface area contributed by atoms with Crippen LogP contribution >= 0.6 is 11.3 Å². The summed E-state index contributed by atoms with van der Waals surface area (Å²) in [5, 5.41) is 2.62. The number of nitrogens with zero attached hydrogens (tertiary/aromatic N) is 3. The predicted molar refractivity (Wildman–Crippen MR) is 98.2 cm³/mol. The SMILES string of the molecule is CCOC(=O)c1cn(Cc2csc(C)n2)c(=O)n(-c2ccc(F)cc2)c1=O. The zero-order chi connectivity index (χ0) is 19.6. The number of ether oxygens (including phenoxy) is 1. The van der Waals surface area contributed by atoms with Crippen LogP contribution in [0, 0.1) is 12.7 Å². The first-order valence-electron chi connectivity index (χ1n) is 8.11. The van der Waals surface area contributed by atoms with Crippen LogP contribution in [0.1, 0.15) is 28.0 Å². The summed E-state index contributed by atoms with van der Waals surface area (Å²) in [4.78, 5) is 42.1. The molecular formula is C18H16FN3O4S. The molecule has 0 unspecified atom stereocenters. The number of carbonyl (C=O) groups is 1. The van der Waals surface area contributed by atoms with Crippen molar-refractivity contribution in [3.8, 4) is 5.69 Å². The highest BCUT2D eigenvalue weighted by molar-refractivity contribution is 7.09. The lowest BCUT2D eigenvalue weighted by Gasteiger charge is -2.12. The van der Waals surface area contributed by atoms with Gasteiger partial charge in [0.05, 0.1) is 29.5 Å². The van der Waals surface area contributed by atoms with Gasteiger partial charge in [0.15, 0.2) is 0 Å². The molecule has 0 aliphatic carbocycles. The summed E-state index contributed by atoms with van der Waals surface area (Å²) in [6.45, 7) is 3.61. The van der Waals surface area contributed by atoms with E-state index in [-0.39, 0.29) is 24.4 Å². The highest BCUT2D eigenvalue weighted by Crippen LogP contribution is 2.10. The van der Waals surface area contributed by atoms with Crippen molar-refractivity contribution in [3.63, 3.8) is 0 Å². The maximum absolute atomic E-state index is 13.2. The van der Waals surface area contributed by atoms with Crippen molar-refractivity contribution in [3.05, 3.63) is 78.8 Å². The molecule has 3 rings (SSSR count). The molecule has 0 radical (unpaired) electrons. The van der Waals surface area contributed by atoms with Crippen molar-refractivity contribution < 1.29 is 13.9 Å². The van der Waals surface area contributed by atoms with Crippen LogP contribution in [0.15, 0.2) is 45.4 Å². The molecule has 27 heavy (non-hydrogen) atoms. The number of hydrogen-bond acceptors (Lipinski definition) is 6. The molecular weight excluding hydrogens is 373 g/mol. The Morgan fingerprint density at radius 3 is 2.56 bits per heavy atom. The van der Waals surface area contributed by atoms with Crippen molar-refractivity contribution >= 4 is 17.3 Å². The van der Waals surface area contributed by atoms with Gasteiger partial charge in [-0.3, -0.25) is 9.36 Å². The fourth-order valence-electron chi connectivity index (χ4n) is 2.54. The van der Waals surface area contributed by atoms with E-state index in [0.717, 1.165) is 21.7 Å². The largest absolute Gasteiger partial charge is 0.462 e. The normalized spacial score (nSPS) is 10.8. The minimum Gasteiger partial charge on any atom is -0.462 e. The first-order valence-corrected chi connectivity index (χ1v) is 8.99. The fraction of sp³-hybridized carbons (Fsp3) is 0.222. The number of rotatable bonds is 5. The molecule has 2 heterocycles. The molecule has 0 aliphatic rings. The Labute approximate surface area is 157 Å². The summed E-state index contributed by atoms with van der Waals surface area (Å²) in [7, 11) is 0. The van der Waals surface area contributed by atoms with Gasteiger partial charge in [-0.25, -0.2) is 23.5 Å². The smallest absolute Gasteiger partial charge is 0.345 e. The molecule has 2 aromatic heterocycles. The lowest BCUT2D eigenvalue weighted by Crippen LogP contribution is -2.41. The van der Waals surface area contributed by atoms with E-state index in [0.29, 0.717) is 5.69 Å². The van der Waals surface area contributed by atoms with E-state index >= 15 is 0 Å². The minimum absolute atomic E-state index is 0.0804. The van der Waals surface area contributed by atoms with E-state index in [1.165, 1.54) is 34.2 Å². The topological polar surface area (TPSA) is 83.2 Å². The second-order valence-corrected chi connectivity index (χ2v) is 6.71. The predicted octanol–water partition coefficient (Wildman–Crippen LogP) is 2.13. The van der Waals surface area contributed by atoms with Crippen LogP contribution in [-0.2, 0) is 11.3 Å². The van der Waals surface area contributed by atoms with E-state index < -0.39 is 23.0 Å². The van der Waals surface area contributed by atoms with Gasteiger partial charge >= 0.3 is 11.7 Å². The Kier molecular flexibility index (Phi) is 5.31. The molecule has 0 N–H and O–H groups in total. The number of thiazole rings is 1. The molecule has 0 aliphatic heterocycles. The first-order chi connectivity index (χ1) is 12.9. The lowest BCUT2D eigenvalue weighted by molar-refractivity contribution is 0.0522. The first kappa shape index (κ1) is 18.7. The van der Waals surface area contributed by atoms with Gasteiger partial charge in [-0.15, -0.1) is 11.3 Å². The summed E-state index contributed by atoms with van der Waals surface area (Å²) in [6.07, 6.45) is 1.18. The standard InChI is InChI=1S/C18H16FN3O4S/c1-3-26-17(24)15-9-21(8-13-10-27-11(2)20-13)18(25)22(16(15)23)14-6-4-12(19)5-7-14/h4-7,9-10H,3,8H2,1-2H3. The molecule has 0 bridgehead atoms. The van der Waals surface area contributed by atoms with Gasteiger partial charge in [0, 0.05) is 11.6 Å². The van der Waals surface area contributed by atoms with Crippen molar-refractivity contribution in [2.45, 2.75) is 20.4 Å². The molecule has 0 saturated carbocycles. The summed E-state index contributed by atoms with van der Waals surface area (Å²) in [5.74, 6) is -1.34. The van der Waals surface area contributed by atoms with Crippen LogP contribution in [-0.4, -0.2) is 26.7 Å². The van der Waals surface area contributed by atoms with Crippen LogP contribution in [0.3, 0.4) is 0 Å². The molecule has 1 aromatic carbocycles. The van der Waals surface area contributed by atoms with Crippen molar-refractivity contribution in [2.75, 3.05) is 6.61 Å². The molecule has 140 valence electrons. The van der Waals surface area contributed by atoms with Gasteiger partial charge in [0.25, 0.3) is 5.56 Å². The zero-order valence-electron chi connectivity index (χ0n) is 14.6. The molecule has 0 saturated heterocycles. The van der Waals surface area contributed by atoms with Crippen LogP contribution in [0.2, 0.25) is 0 Å². The summed E-state index contributed by atoms with van der Waals surface area (Å²) >= 11 is 1.43. The van der Waals surface area contributed by atoms with Crippen LogP contribution in [0.4, 0.5) is 4.39 Å². The molecule has 3 aromatic rings. The summed E-state index contributed by atoms with van der Waals surface area (Å²) < 4.78 is 20.2. The van der Waals surface area contributed by atoms with E-state index in [4.69, 9.17) is 4.74 Å². The van der Waals surface area contributed by atoms with Gasteiger partial charge in [-0.05, 0) is 38.1 Å². The Bertz CT molecular complexity index is 1100. The number of halogens is 1. The Hall–Kier alpha value is -3.07. The Morgan fingerprint density at radius 1 is 1.26 bits per heavy atom. The third-order valence-corrected chi connectivity index (χ3v) is 4.56. The zero-order valence-corrected chi connectivity index (χ0v) is 15.5. The van der Waals surface area contributed by atoms with E-state index in [2.05, 4.69) is 4.98 Å².